The molecule has 0 amide bonds. The molecule has 29 heavy (non-hydrogen) atoms. The molecule has 1 unspecified atom stereocenters. The van der Waals surface area contributed by atoms with Crippen molar-refractivity contribution >= 4 is 5.97 Å². The predicted octanol–water partition coefficient (Wildman–Crippen LogP) is 7.27. The zero-order chi connectivity index (χ0) is 21.4. The zero-order valence-corrected chi connectivity index (χ0v) is 18.7. The number of hydrogen-bond acceptors (Lipinski definition) is 3. The summed E-state index contributed by atoms with van der Waals surface area (Å²) in [7, 11) is 0. The second kappa shape index (κ2) is 14.9. The number of allylic oxidation sites excluding steroid dienone is 2. The molecule has 1 aromatic carbocycles. The van der Waals surface area contributed by atoms with E-state index in [9.17, 15) is 10.1 Å². The van der Waals surface area contributed by atoms with E-state index < -0.39 is 11.4 Å². The van der Waals surface area contributed by atoms with Crippen molar-refractivity contribution in [2.24, 2.45) is 0 Å². The summed E-state index contributed by atoms with van der Waals surface area (Å²) in [6, 6.07) is 11.7. The van der Waals surface area contributed by atoms with Gasteiger partial charge in [-0.15, -0.1) is 0 Å². The van der Waals surface area contributed by atoms with E-state index in [2.05, 4.69) is 26.0 Å². The van der Waals surface area contributed by atoms with Crippen molar-refractivity contribution < 1.29 is 9.53 Å². The van der Waals surface area contributed by atoms with Crippen LogP contribution < -0.4 is 0 Å². The molecular weight excluding hydrogens is 358 g/mol. The number of benzene rings is 1. The van der Waals surface area contributed by atoms with Crippen molar-refractivity contribution in [3.63, 3.8) is 0 Å². The molecule has 0 saturated heterocycles. The first-order valence-corrected chi connectivity index (χ1v) is 11.5. The molecule has 0 fully saturated rings. The summed E-state index contributed by atoms with van der Waals surface area (Å²) >= 11 is 0. The fraction of sp³-hybridized carbons (Fsp3) is 0.615. The first-order chi connectivity index (χ1) is 14.1. The van der Waals surface area contributed by atoms with Crippen LogP contribution in [0.4, 0.5) is 0 Å². The number of unbranched alkanes of at least 4 members (excludes halogenated alkanes) is 6. The standard InChI is InChI=1S/C26H39NO2/c1-4-7-9-12-16-23(17-13-10-8-5-2)20-21-26(22-27,25(28)29-6-3)24-18-14-11-15-19-24/h11,14-15,18-20H,4-10,12-13,16-17,21H2,1-3H3. The predicted molar refractivity (Wildman–Crippen MR) is 121 cm³/mol. The van der Waals surface area contributed by atoms with Gasteiger partial charge in [-0.3, -0.25) is 0 Å². The van der Waals surface area contributed by atoms with E-state index in [0.717, 1.165) is 12.8 Å². The highest BCUT2D eigenvalue weighted by molar-refractivity contribution is 5.87. The minimum atomic E-state index is -1.27. The molecule has 0 radical (unpaired) electrons. The summed E-state index contributed by atoms with van der Waals surface area (Å²) in [5.74, 6) is -0.443. The molecule has 0 heterocycles. The van der Waals surface area contributed by atoms with Crippen LogP contribution in [0.1, 0.15) is 97.0 Å². The van der Waals surface area contributed by atoms with Gasteiger partial charge >= 0.3 is 5.97 Å². The summed E-state index contributed by atoms with van der Waals surface area (Å²) in [5.41, 5.74) is 0.834. The maximum atomic E-state index is 12.8. The molecular formula is C26H39NO2. The quantitative estimate of drug-likeness (QED) is 0.178. The second-order valence-corrected chi connectivity index (χ2v) is 7.79. The van der Waals surface area contributed by atoms with Crippen molar-refractivity contribution in [1.82, 2.24) is 0 Å². The summed E-state index contributed by atoms with van der Waals surface area (Å²) < 4.78 is 5.32. The van der Waals surface area contributed by atoms with E-state index in [1.165, 1.54) is 56.9 Å². The highest BCUT2D eigenvalue weighted by Gasteiger charge is 2.41. The first-order valence-electron chi connectivity index (χ1n) is 11.5. The largest absolute Gasteiger partial charge is 0.465 e. The number of nitrogens with zero attached hydrogens (tertiary/aromatic N) is 1. The van der Waals surface area contributed by atoms with Gasteiger partial charge in [0.15, 0.2) is 5.41 Å². The van der Waals surface area contributed by atoms with Crippen LogP contribution in [0.2, 0.25) is 0 Å². The Kier molecular flexibility index (Phi) is 12.8. The molecule has 1 rings (SSSR count). The second-order valence-electron chi connectivity index (χ2n) is 7.79. The lowest BCUT2D eigenvalue weighted by molar-refractivity contribution is -0.147. The first kappa shape index (κ1) is 25.0. The van der Waals surface area contributed by atoms with Crippen LogP contribution in [0.25, 0.3) is 0 Å². The number of esters is 1. The fourth-order valence-corrected chi connectivity index (χ4v) is 3.64. The van der Waals surface area contributed by atoms with Gasteiger partial charge in [-0.1, -0.05) is 94.4 Å². The third-order valence-corrected chi connectivity index (χ3v) is 5.48. The van der Waals surface area contributed by atoms with Crippen molar-refractivity contribution in [2.45, 2.75) is 96.8 Å². The van der Waals surface area contributed by atoms with Crippen LogP contribution in [0.5, 0.6) is 0 Å². The Bertz CT molecular complexity index is 630. The minimum absolute atomic E-state index is 0.277. The topological polar surface area (TPSA) is 50.1 Å². The van der Waals surface area contributed by atoms with Crippen LogP contribution in [0.3, 0.4) is 0 Å². The van der Waals surface area contributed by atoms with Crippen LogP contribution >= 0.6 is 0 Å². The Morgan fingerprint density at radius 3 is 2.03 bits per heavy atom. The number of rotatable bonds is 15. The SMILES string of the molecule is CCCCCCC(=CCC(C#N)(C(=O)OCC)c1ccccc1)CCCCCC. The smallest absolute Gasteiger partial charge is 0.331 e. The third-order valence-electron chi connectivity index (χ3n) is 5.48. The molecule has 0 aliphatic rings. The average Bonchev–Trinajstić information content (AvgIpc) is 2.75. The van der Waals surface area contributed by atoms with Crippen molar-refractivity contribution in [2.75, 3.05) is 6.61 Å². The highest BCUT2D eigenvalue weighted by Crippen LogP contribution is 2.31. The van der Waals surface area contributed by atoms with Crippen LogP contribution in [0.15, 0.2) is 42.0 Å². The third kappa shape index (κ3) is 8.44. The van der Waals surface area contributed by atoms with E-state index in [-0.39, 0.29) is 6.61 Å². The Balaban J connectivity index is 3.04. The molecule has 0 aliphatic carbocycles. The van der Waals surface area contributed by atoms with Gasteiger partial charge in [0.25, 0.3) is 0 Å². The molecule has 1 atom stereocenters. The molecule has 1 aromatic rings. The molecule has 0 aromatic heterocycles. The molecule has 0 saturated carbocycles. The number of ether oxygens (including phenoxy) is 1. The Hall–Kier alpha value is -2.08. The molecule has 3 nitrogen and oxygen atoms in total. The molecule has 0 N–H and O–H groups in total. The Morgan fingerprint density at radius 2 is 1.55 bits per heavy atom. The minimum Gasteiger partial charge on any atom is -0.465 e. The number of carbonyl (C=O) groups is 1. The van der Waals surface area contributed by atoms with Gasteiger partial charge < -0.3 is 4.74 Å². The summed E-state index contributed by atoms with van der Waals surface area (Å²) in [5, 5.41) is 10.1. The molecule has 0 spiro atoms. The number of nitriles is 1. The van der Waals surface area contributed by atoms with Gasteiger partial charge in [0.05, 0.1) is 12.7 Å². The van der Waals surface area contributed by atoms with Crippen molar-refractivity contribution in [3.05, 3.63) is 47.5 Å². The Labute approximate surface area is 178 Å². The fourth-order valence-electron chi connectivity index (χ4n) is 3.64. The normalized spacial score (nSPS) is 12.6. The van der Waals surface area contributed by atoms with E-state index in [1.807, 2.05) is 30.3 Å². The van der Waals surface area contributed by atoms with Crippen molar-refractivity contribution in [3.8, 4) is 6.07 Å². The lowest BCUT2D eigenvalue weighted by Crippen LogP contribution is -2.36. The lowest BCUT2D eigenvalue weighted by Gasteiger charge is -2.24. The average molecular weight is 398 g/mol. The van der Waals surface area contributed by atoms with E-state index in [4.69, 9.17) is 4.74 Å². The van der Waals surface area contributed by atoms with Gasteiger partial charge in [0.1, 0.15) is 0 Å². The summed E-state index contributed by atoms with van der Waals surface area (Å²) in [6.07, 6.45) is 14.5. The molecule has 0 aliphatic heterocycles. The van der Waals surface area contributed by atoms with E-state index in [1.54, 1.807) is 6.92 Å². The van der Waals surface area contributed by atoms with Crippen molar-refractivity contribution in [1.29, 1.82) is 5.26 Å². The highest BCUT2D eigenvalue weighted by atomic mass is 16.5. The van der Waals surface area contributed by atoms with Crippen LogP contribution in [-0.2, 0) is 14.9 Å². The lowest BCUT2D eigenvalue weighted by atomic mass is 9.78. The Morgan fingerprint density at radius 1 is 0.966 bits per heavy atom. The summed E-state index contributed by atoms with van der Waals surface area (Å²) in [4.78, 5) is 12.8. The molecule has 0 bridgehead atoms. The maximum Gasteiger partial charge on any atom is 0.331 e. The van der Waals surface area contributed by atoms with Crippen LogP contribution in [0, 0.1) is 11.3 Å². The zero-order valence-electron chi connectivity index (χ0n) is 18.7. The molecule has 160 valence electrons. The number of hydrogen-bond donors (Lipinski definition) is 0. The maximum absolute atomic E-state index is 12.8. The molecule has 3 heteroatoms. The van der Waals surface area contributed by atoms with Gasteiger partial charge in [-0.25, -0.2) is 4.79 Å². The van der Waals surface area contributed by atoms with Gasteiger partial charge in [0.2, 0.25) is 0 Å². The van der Waals surface area contributed by atoms with Crippen LogP contribution in [-0.4, -0.2) is 12.6 Å². The van der Waals surface area contributed by atoms with Gasteiger partial charge in [0, 0.05) is 0 Å². The van der Waals surface area contributed by atoms with Gasteiger partial charge in [-0.2, -0.15) is 5.26 Å². The van der Waals surface area contributed by atoms with E-state index >= 15 is 0 Å². The van der Waals surface area contributed by atoms with E-state index in [0.29, 0.717) is 12.0 Å². The van der Waals surface area contributed by atoms with Gasteiger partial charge in [-0.05, 0) is 44.6 Å². The number of carbonyl (C=O) groups excluding carboxylic acids is 1. The summed E-state index contributed by atoms with van der Waals surface area (Å²) in [6.45, 7) is 6.51. The monoisotopic (exact) mass is 397 g/mol.